The first-order valence-corrected chi connectivity index (χ1v) is 11.6. The summed E-state index contributed by atoms with van der Waals surface area (Å²) in [5, 5.41) is 0. The molecule has 34 heavy (non-hydrogen) atoms. The van der Waals surface area contributed by atoms with Gasteiger partial charge in [0.2, 0.25) is 11.4 Å². The first-order chi connectivity index (χ1) is 16.3. The van der Waals surface area contributed by atoms with Crippen LogP contribution in [0.1, 0.15) is 40.5 Å². The fourth-order valence-electron chi connectivity index (χ4n) is 4.43. The largest absolute Gasteiger partial charge is 0.489 e. The third-order valence-electron chi connectivity index (χ3n) is 6.25. The van der Waals surface area contributed by atoms with Gasteiger partial charge >= 0.3 is 5.69 Å². The van der Waals surface area contributed by atoms with Crippen molar-refractivity contribution >= 4 is 22.7 Å². The molecule has 1 aliphatic heterocycles. The van der Waals surface area contributed by atoms with Crippen LogP contribution in [0.3, 0.4) is 0 Å². The molecular weight excluding hydrogens is 432 g/mol. The molecule has 9 nitrogen and oxygen atoms in total. The fraction of sp³-hybridized carbons (Fsp3) is 0.480. The smallest absolute Gasteiger partial charge is 0.350 e. The van der Waals surface area contributed by atoms with E-state index in [1.165, 1.54) is 4.57 Å². The van der Waals surface area contributed by atoms with E-state index in [1.54, 1.807) is 25.4 Å². The molecule has 4 heterocycles. The van der Waals surface area contributed by atoms with Crippen LogP contribution in [0.4, 0.5) is 11.6 Å². The Morgan fingerprint density at radius 2 is 2.03 bits per heavy atom. The summed E-state index contributed by atoms with van der Waals surface area (Å²) < 4.78 is 13.4. The van der Waals surface area contributed by atoms with Crippen LogP contribution >= 0.6 is 0 Å². The molecule has 0 amide bonds. The van der Waals surface area contributed by atoms with Gasteiger partial charge < -0.3 is 19.2 Å². The number of nitrogens with zero attached hydrogens (tertiary/aromatic N) is 6. The van der Waals surface area contributed by atoms with E-state index >= 15 is 0 Å². The van der Waals surface area contributed by atoms with Gasteiger partial charge in [0.15, 0.2) is 5.82 Å². The van der Waals surface area contributed by atoms with E-state index in [0.717, 1.165) is 12.8 Å². The molecule has 0 unspecified atom stereocenters. The number of hydrogen-bond acceptors (Lipinski definition) is 7. The summed E-state index contributed by atoms with van der Waals surface area (Å²) in [5.41, 5.74) is 0.888. The maximum absolute atomic E-state index is 12.6. The van der Waals surface area contributed by atoms with Crippen LogP contribution in [0.2, 0.25) is 0 Å². The molecule has 3 aromatic heterocycles. The topological polar surface area (TPSA) is 86.7 Å². The van der Waals surface area contributed by atoms with Gasteiger partial charge in [0.1, 0.15) is 11.9 Å². The van der Waals surface area contributed by atoms with Crippen molar-refractivity contribution in [2.24, 2.45) is 13.0 Å². The Bertz CT molecular complexity index is 1260. The Morgan fingerprint density at radius 1 is 1.24 bits per heavy atom. The van der Waals surface area contributed by atoms with Crippen molar-refractivity contribution in [3.05, 3.63) is 52.4 Å². The van der Waals surface area contributed by atoms with Gasteiger partial charge in [0, 0.05) is 38.0 Å². The van der Waals surface area contributed by atoms with Gasteiger partial charge in [-0.1, -0.05) is 13.5 Å². The second kappa shape index (κ2) is 9.67. The van der Waals surface area contributed by atoms with Crippen molar-refractivity contribution in [1.29, 1.82) is 0 Å². The van der Waals surface area contributed by atoms with Gasteiger partial charge in [-0.15, -0.1) is 4.98 Å². The molecule has 3 aromatic rings. The normalized spacial score (nSPS) is 20.4. The molecule has 0 aromatic carbocycles. The zero-order chi connectivity index (χ0) is 24.4. The minimum absolute atomic E-state index is 0.0230. The number of aromatic nitrogens is 4. The third-order valence-corrected chi connectivity index (χ3v) is 6.25. The van der Waals surface area contributed by atoms with Crippen molar-refractivity contribution in [2.75, 3.05) is 11.4 Å². The summed E-state index contributed by atoms with van der Waals surface area (Å²) in [6.45, 7) is 16.2. The van der Waals surface area contributed by atoms with E-state index in [-0.39, 0.29) is 35.7 Å². The zero-order valence-corrected chi connectivity index (χ0v) is 20.2. The highest BCUT2D eigenvalue weighted by molar-refractivity contribution is 5.87. The molecule has 0 bridgehead atoms. The van der Waals surface area contributed by atoms with Gasteiger partial charge in [-0.05, 0) is 45.4 Å². The van der Waals surface area contributed by atoms with E-state index in [1.807, 2.05) is 26.0 Å². The minimum atomic E-state index is -0.341. The lowest BCUT2D eigenvalue weighted by molar-refractivity contribution is 0.0908. The number of hydrogen-bond donors (Lipinski definition) is 0. The molecule has 0 saturated carbocycles. The highest BCUT2D eigenvalue weighted by atomic mass is 16.5. The lowest BCUT2D eigenvalue weighted by Crippen LogP contribution is -2.51. The Kier molecular flexibility index (Phi) is 6.68. The van der Waals surface area contributed by atoms with Crippen LogP contribution in [-0.2, 0) is 7.05 Å². The lowest BCUT2D eigenvalue weighted by Gasteiger charge is -2.42. The fourth-order valence-corrected chi connectivity index (χ4v) is 4.43. The van der Waals surface area contributed by atoms with Crippen LogP contribution in [0.25, 0.3) is 15.9 Å². The van der Waals surface area contributed by atoms with Crippen LogP contribution < -0.4 is 20.1 Å². The Balaban J connectivity index is 1.61. The summed E-state index contributed by atoms with van der Waals surface area (Å²) in [4.78, 5) is 31.5. The van der Waals surface area contributed by atoms with Crippen LogP contribution in [-0.4, -0.2) is 44.3 Å². The average Bonchev–Trinajstić information content (AvgIpc) is 2.82. The average molecular weight is 463 g/mol. The second-order valence-corrected chi connectivity index (χ2v) is 8.99. The number of aryl methyl sites for hydroxylation is 1. The van der Waals surface area contributed by atoms with E-state index in [4.69, 9.17) is 16.0 Å². The Morgan fingerprint density at radius 3 is 2.68 bits per heavy atom. The first kappa shape index (κ1) is 23.5. The highest BCUT2D eigenvalue weighted by Gasteiger charge is 2.36. The molecule has 4 rings (SSSR count). The van der Waals surface area contributed by atoms with E-state index in [2.05, 4.69) is 38.5 Å². The van der Waals surface area contributed by atoms with E-state index in [9.17, 15) is 4.79 Å². The summed E-state index contributed by atoms with van der Waals surface area (Å²) in [5.74, 6) is 2.30. The van der Waals surface area contributed by atoms with Gasteiger partial charge in [-0.3, -0.25) is 4.57 Å². The first-order valence-electron chi connectivity index (χ1n) is 11.6. The summed E-state index contributed by atoms with van der Waals surface area (Å²) in [7, 11) is 1.67. The molecule has 3 atom stereocenters. The van der Waals surface area contributed by atoms with Crippen molar-refractivity contribution in [3.8, 4) is 11.6 Å². The third kappa shape index (κ3) is 4.67. The maximum Gasteiger partial charge on any atom is 0.350 e. The predicted octanol–water partition coefficient (Wildman–Crippen LogP) is 4.13. The molecular formula is C25H30N6O3. The highest BCUT2D eigenvalue weighted by Crippen LogP contribution is 2.34. The lowest BCUT2D eigenvalue weighted by atomic mass is 9.88. The predicted molar refractivity (Wildman–Crippen MR) is 131 cm³/mol. The number of ether oxygens (including phenoxy) is 2. The summed E-state index contributed by atoms with van der Waals surface area (Å²) in [6, 6.07) is 7.16. The summed E-state index contributed by atoms with van der Waals surface area (Å²) in [6.07, 6.45) is 3.39. The minimum Gasteiger partial charge on any atom is -0.489 e. The molecule has 178 valence electrons. The van der Waals surface area contributed by atoms with Crippen LogP contribution in [0.15, 0.2) is 35.3 Å². The molecule has 0 N–H and O–H groups in total. The van der Waals surface area contributed by atoms with E-state index in [0.29, 0.717) is 35.0 Å². The van der Waals surface area contributed by atoms with Crippen molar-refractivity contribution < 1.29 is 9.47 Å². The molecule has 0 aliphatic carbocycles. The number of piperidine rings is 1. The standard InChI is InChI=1S/C25H30N6O3/c1-7-17-14-31(24-23-19(30(6)25(32)29-24)9-10-21(26-5)28-23)16(4)12-20(17)34-22-11-8-18(13-27-22)33-15(2)3/h8-11,13,15-17,20H,7,12,14H2,1-4,6H3/t16-,17+,20+/m0/s1. The summed E-state index contributed by atoms with van der Waals surface area (Å²) >= 11 is 0. The number of rotatable bonds is 6. The van der Waals surface area contributed by atoms with Crippen molar-refractivity contribution in [3.63, 3.8) is 0 Å². The maximum atomic E-state index is 12.6. The molecule has 1 saturated heterocycles. The molecule has 1 fully saturated rings. The van der Waals surface area contributed by atoms with Crippen LogP contribution in [0.5, 0.6) is 11.6 Å². The van der Waals surface area contributed by atoms with Gasteiger partial charge in [0.05, 0.1) is 17.8 Å². The quantitative estimate of drug-likeness (QED) is 0.509. The number of anilines is 1. The monoisotopic (exact) mass is 462 g/mol. The van der Waals surface area contributed by atoms with Crippen molar-refractivity contribution in [2.45, 2.75) is 58.8 Å². The molecule has 0 spiro atoms. The Labute approximate surface area is 199 Å². The van der Waals surface area contributed by atoms with Gasteiger partial charge in [0.25, 0.3) is 5.82 Å². The van der Waals surface area contributed by atoms with E-state index < -0.39 is 0 Å². The van der Waals surface area contributed by atoms with Gasteiger partial charge in [-0.25, -0.2) is 9.78 Å². The van der Waals surface area contributed by atoms with Gasteiger partial charge in [-0.2, -0.15) is 4.98 Å². The molecule has 9 heteroatoms. The number of pyridine rings is 2. The molecule has 0 radical (unpaired) electrons. The SMILES string of the molecule is [C-]#[N+]c1ccc2c(n1)c(N1C[C@@H](CC)[C@H](Oc3ccc(OC(C)C)cn3)C[C@@H]1C)nc(=O)n2C. The van der Waals surface area contributed by atoms with Crippen molar-refractivity contribution in [1.82, 2.24) is 19.5 Å². The molecule has 1 aliphatic rings. The second-order valence-electron chi connectivity index (χ2n) is 8.99. The Hall–Kier alpha value is -3.67. The zero-order valence-electron chi connectivity index (χ0n) is 20.2. The number of fused-ring (bicyclic) bond motifs is 1. The van der Waals surface area contributed by atoms with Crippen LogP contribution in [0, 0.1) is 12.5 Å².